The van der Waals surface area contributed by atoms with Gasteiger partial charge in [0.05, 0.1) is 13.2 Å². The van der Waals surface area contributed by atoms with Crippen LogP contribution in [0.1, 0.15) is 31.2 Å². The minimum atomic E-state index is -0.0443. The number of rotatable bonds is 5. The van der Waals surface area contributed by atoms with E-state index in [1.807, 2.05) is 29.2 Å². The fourth-order valence-corrected chi connectivity index (χ4v) is 3.45. The zero-order chi connectivity index (χ0) is 16.1. The summed E-state index contributed by atoms with van der Waals surface area (Å²) < 4.78 is 11.2. The van der Waals surface area contributed by atoms with Crippen molar-refractivity contribution < 1.29 is 14.3 Å². The summed E-state index contributed by atoms with van der Waals surface area (Å²) in [5, 5.41) is 0.753. The molecular formula is C18H24ClNO3. The van der Waals surface area contributed by atoms with Crippen LogP contribution in [0.3, 0.4) is 0 Å². The molecule has 2 saturated heterocycles. The Kier molecular flexibility index (Phi) is 5.92. The lowest BCUT2D eigenvalue weighted by atomic mass is 9.96. The molecule has 3 rings (SSSR count). The van der Waals surface area contributed by atoms with Crippen LogP contribution >= 0.6 is 11.6 Å². The van der Waals surface area contributed by atoms with Gasteiger partial charge in [0.1, 0.15) is 0 Å². The molecule has 1 amide bonds. The van der Waals surface area contributed by atoms with Crippen molar-refractivity contribution in [3.05, 3.63) is 34.9 Å². The number of likely N-dealkylation sites (tertiary alicyclic amines) is 1. The summed E-state index contributed by atoms with van der Waals surface area (Å²) in [6.07, 6.45) is 4.33. The van der Waals surface area contributed by atoms with E-state index in [4.69, 9.17) is 21.1 Å². The highest BCUT2D eigenvalue weighted by Gasteiger charge is 2.31. The second-order valence-corrected chi connectivity index (χ2v) is 6.74. The predicted molar refractivity (Wildman–Crippen MR) is 89.4 cm³/mol. The minimum absolute atomic E-state index is 0.0443. The van der Waals surface area contributed by atoms with E-state index in [2.05, 4.69) is 0 Å². The van der Waals surface area contributed by atoms with Crippen LogP contribution in [0.5, 0.6) is 0 Å². The van der Waals surface area contributed by atoms with E-state index in [1.165, 1.54) is 5.56 Å². The number of halogens is 1. The molecule has 0 aromatic heterocycles. The second kappa shape index (κ2) is 8.13. The molecule has 4 nitrogen and oxygen atoms in total. The minimum Gasteiger partial charge on any atom is -0.350 e. The van der Waals surface area contributed by atoms with Crippen molar-refractivity contribution in [2.45, 2.75) is 38.4 Å². The number of carbonyl (C=O) groups excluding carboxylic acids is 1. The third-order valence-corrected chi connectivity index (χ3v) is 4.95. The van der Waals surface area contributed by atoms with Crippen molar-refractivity contribution in [1.29, 1.82) is 0 Å². The highest BCUT2D eigenvalue weighted by Crippen LogP contribution is 2.26. The highest BCUT2D eigenvalue weighted by atomic mass is 35.5. The molecule has 0 radical (unpaired) electrons. The highest BCUT2D eigenvalue weighted by molar-refractivity contribution is 6.30. The number of hydrogen-bond acceptors (Lipinski definition) is 3. The summed E-state index contributed by atoms with van der Waals surface area (Å²) in [7, 11) is 0. The lowest BCUT2D eigenvalue weighted by Gasteiger charge is -2.34. The average Bonchev–Trinajstić information content (AvgIpc) is 3.11. The van der Waals surface area contributed by atoms with Crippen molar-refractivity contribution in [1.82, 2.24) is 4.90 Å². The van der Waals surface area contributed by atoms with E-state index in [0.29, 0.717) is 25.6 Å². The van der Waals surface area contributed by atoms with Crippen LogP contribution in [-0.2, 0) is 20.7 Å². The number of piperidine rings is 1. The first-order valence-electron chi connectivity index (χ1n) is 8.48. The van der Waals surface area contributed by atoms with Gasteiger partial charge in [-0.15, -0.1) is 0 Å². The first-order chi connectivity index (χ1) is 11.2. The maximum atomic E-state index is 12.3. The Balaban J connectivity index is 1.36. The van der Waals surface area contributed by atoms with Gasteiger partial charge < -0.3 is 14.4 Å². The van der Waals surface area contributed by atoms with Crippen molar-refractivity contribution in [2.24, 2.45) is 5.92 Å². The Hall–Kier alpha value is -1.10. The Labute approximate surface area is 142 Å². The van der Waals surface area contributed by atoms with Crippen molar-refractivity contribution >= 4 is 17.5 Å². The third-order valence-electron chi connectivity index (χ3n) is 4.69. The summed E-state index contributed by atoms with van der Waals surface area (Å²) >= 11 is 5.88. The molecule has 0 spiro atoms. The molecule has 2 fully saturated rings. The molecule has 2 aliphatic heterocycles. The zero-order valence-corrected chi connectivity index (χ0v) is 14.1. The second-order valence-electron chi connectivity index (χ2n) is 6.31. The SMILES string of the molecule is O=C(CCCc1ccc(Cl)cc1)N1CCC(C2OCCO2)CC1. The zero-order valence-electron chi connectivity index (χ0n) is 13.4. The maximum absolute atomic E-state index is 12.3. The van der Waals surface area contributed by atoms with Crippen LogP contribution in [0.4, 0.5) is 0 Å². The quantitative estimate of drug-likeness (QED) is 0.827. The molecule has 2 aliphatic rings. The van der Waals surface area contributed by atoms with Crippen LogP contribution in [0.25, 0.3) is 0 Å². The normalized spacial score (nSPS) is 20.1. The predicted octanol–water partition coefficient (Wildman–Crippen LogP) is 3.27. The molecule has 0 atom stereocenters. The summed E-state index contributed by atoms with van der Waals surface area (Å²) in [6, 6.07) is 7.85. The summed E-state index contributed by atoms with van der Waals surface area (Å²) in [5.74, 6) is 0.710. The van der Waals surface area contributed by atoms with Crippen LogP contribution in [0, 0.1) is 5.92 Å². The molecule has 2 heterocycles. The lowest BCUT2D eigenvalue weighted by Crippen LogP contribution is -2.41. The van der Waals surface area contributed by atoms with Crippen LogP contribution < -0.4 is 0 Å². The van der Waals surface area contributed by atoms with Gasteiger partial charge >= 0.3 is 0 Å². The number of nitrogens with zero attached hydrogens (tertiary/aromatic N) is 1. The van der Waals surface area contributed by atoms with Crippen molar-refractivity contribution in [3.63, 3.8) is 0 Å². The standard InChI is InChI=1S/C18H24ClNO3/c19-16-6-4-14(5-7-16)2-1-3-17(21)20-10-8-15(9-11-20)18-22-12-13-23-18/h4-7,15,18H,1-3,8-13H2. The van der Waals surface area contributed by atoms with Gasteiger partial charge in [0.2, 0.25) is 5.91 Å². The van der Waals surface area contributed by atoms with Crippen LogP contribution in [0.2, 0.25) is 5.02 Å². The van der Waals surface area contributed by atoms with Gasteiger partial charge in [-0.25, -0.2) is 0 Å². The summed E-state index contributed by atoms with van der Waals surface area (Å²) in [5.41, 5.74) is 1.23. The van der Waals surface area contributed by atoms with Crippen molar-refractivity contribution in [2.75, 3.05) is 26.3 Å². The fraction of sp³-hybridized carbons (Fsp3) is 0.611. The van der Waals surface area contributed by atoms with Gasteiger partial charge in [0.15, 0.2) is 6.29 Å². The average molecular weight is 338 g/mol. The summed E-state index contributed by atoms with van der Waals surface area (Å²) in [4.78, 5) is 14.3. The maximum Gasteiger partial charge on any atom is 0.222 e. The first kappa shape index (κ1) is 16.7. The van der Waals surface area contributed by atoms with E-state index >= 15 is 0 Å². The van der Waals surface area contributed by atoms with E-state index in [0.717, 1.165) is 43.8 Å². The number of benzene rings is 1. The molecule has 0 bridgehead atoms. The molecular weight excluding hydrogens is 314 g/mol. The number of ether oxygens (including phenoxy) is 2. The topological polar surface area (TPSA) is 38.8 Å². The molecule has 0 unspecified atom stereocenters. The van der Waals surface area contributed by atoms with Crippen LogP contribution in [0.15, 0.2) is 24.3 Å². The summed E-state index contributed by atoms with van der Waals surface area (Å²) in [6.45, 7) is 3.06. The Morgan fingerprint density at radius 3 is 2.43 bits per heavy atom. The molecule has 1 aromatic carbocycles. The van der Waals surface area contributed by atoms with E-state index < -0.39 is 0 Å². The molecule has 0 aliphatic carbocycles. The molecule has 5 heteroatoms. The molecule has 126 valence electrons. The van der Waals surface area contributed by atoms with Gasteiger partial charge in [-0.3, -0.25) is 4.79 Å². The lowest BCUT2D eigenvalue weighted by molar-refractivity contribution is -0.136. The number of hydrogen-bond donors (Lipinski definition) is 0. The van der Waals surface area contributed by atoms with Crippen molar-refractivity contribution in [3.8, 4) is 0 Å². The number of aryl methyl sites for hydroxylation is 1. The smallest absolute Gasteiger partial charge is 0.222 e. The van der Waals surface area contributed by atoms with E-state index in [-0.39, 0.29) is 12.2 Å². The van der Waals surface area contributed by atoms with Crippen LogP contribution in [-0.4, -0.2) is 43.4 Å². The largest absolute Gasteiger partial charge is 0.350 e. The van der Waals surface area contributed by atoms with Gasteiger partial charge in [-0.1, -0.05) is 23.7 Å². The Morgan fingerprint density at radius 2 is 1.78 bits per heavy atom. The van der Waals surface area contributed by atoms with Gasteiger partial charge in [-0.2, -0.15) is 0 Å². The van der Waals surface area contributed by atoms with Gasteiger partial charge in [-0.05, 0) is 43.4 Å². The third kappa shape index (κ3) is 4.69. The van der Waals surface area contributed by atoms with Gasteiger partial charge in [0, 0.05) is 30.5 Å². The number of amides is 1. The molecule has 1 aromatic rings. The number of carbonyl (C=O) groups is 1. The molecule has 0 N–H and O–H groups in total. The molecule has 23 heavy (non-hydrogen) atoms. The Morgan fingerprint density at radius 1 is 1.13 bits per heavy atom. The van der Waals surface area contributed by atoms with E-state index in [1.54, 1.807) is 0 Å². The van der Waals surface area contributed by atoms with Gasteiger partial charge in [0.25, 0.3) is 0 Å². The van der Waals surface area contributed by atoms with E-state index in [9.17, 15) is 4.79 Å². The Bertz CT molecular complexity index is 506. The fourth-order valence-electron chi connectivity index (χ4n) is 3.32. The monoisotopic (exact) mass is 337 g/mol. The first-order valence-corrected chi connectivity index (χ1v) is 8.85. The molecule has 0 saturated carbocycles.